The highest BCUT2D eigenvalue weighted by molar-refractivity contribution is 6.07. The van der Waals surface area contributed by atoms with Crippen molar-refractivity contribution in [3.63, 3.8) is 0 Å². The SMILES string of the molecule is COc1cc(C(=O)Nc2cc(C(N)=O)ccc2N2CCCCC2)ccc1OCc1ccccc1. The average molecular weight is 460 g/mol. The van der Waals surface area contributed by atoms with E-state index >= 15 is 0 Å². The van der Waals surface area contributed by atoms with Gasteiger partial charge in [0.05, 0.1) is 18.5 Å². The molecule has 0 aromatic heterocycles. The average Bonchev–Trinajstić information content (AvgIpc) is 2.88. The van der Waals surface area contributed by atoms with Crippen LogP contribution in [0, 0.1) is 0 Å². The van der Waals surface area contributed by atoms with Crippen LogP contribution in [0.2, 0.25) is 0 Å². The number of ether oxygens (including phenoxy) is 2. The first-order valence-electron chi connectivity index (χ1n) is 11.4. The van der Waals surface area contributed by atoms with Crippen LogP contribution < -0.4 is 25.4 Å². The van der Waals surface area contributed by atoms with Crippen molar-refractivity contribution in [2.45, 2.75) is 25.9 Å². The van der Waals surface area contributed by atoms with Crippen molar-refractivity contribution in [1.82, 2.24) is 0 Å². The standard InChI is InChI=1S/C27H29N3O4/c1-33-25-17-21(11-13-24(25)34-18-19-8-4-2-5-9-19)27(32)29-22-16-20(26(28)31)10-12-23(22)30-14-6-3-7-15-30/h2,4-5,8-13,16-17H,3,6-7,14-15,18H2,1H3,(H2,28,31)(H,29,32). The van der Waals surface area contributed by atoms with Gasteiger partial charge in [0.1, 0.15) is 6.61 Å². The molecule has 1 saturated heterocycles. The lowest BCUT2D eigenvalue weighted by Gasteiger charge is -2.30. The van der Waals surface area contributed by atoms with Crippen molar-refractivity contribution < 1.29 is 19.1 Å². The molecule has 2 amide bonds. The Bertz CT molecular complexity index is 1160. The molecule has 4 rings (SSSR count). The highest BCUT2D eigenvalue weighted by atomic mass is 16.5. The van der Waals surface area contributed by atoms with Crippen LogP contribution in [0.4, 0.5) is 11.4 Å². The van der Waals surface area contributed by atoms with E-state index in [-0.39, 0.29) is 5.91 Å². The van der Waals surface area contributed by atoms with Crippen LogP contribution in [0.25, 0.3) is 0 Å². The molecule has 0 aliphatic carbocycles. The van der Waals surface area contributed by atoms with Gasteiger partial charge >= 0.3 is 0 Å². The number of nitrogens with one attached hydrogen (secondary N) is 1. The smallest absolute Gasteiger partial charge is 0.255 e. The molecule has 3 N–H and O–H groups in total. The molecule has 0 saturated carbocycles. The second-order valence-corrected chi connectivity index (χ2v) is 8.24. The molecule has 176 valence electrons. The number of carbonyl (C=O) groups excluding carboxylic acids is 2. The molecule has 3 aromatic carbocycles. The molecular weight excluding hydrogens is 430 g/mol. The number of anilines is 2. The number of nitrogens with zero attached hydrogens (tertiary/aromatic N) is 1. The van der Waals surface area contributed by atoms with Crippen molar-refractivity contribution in [3.05, 3.63) is 83.4 Å². The summed E-state index contributed by atoms with van der Waals surface area (Å²) in [5, 5.41) is 2.96. The van der Waals surface area contributed by atoms with E-state index < -0.39 is 5.91 Å². The number of piperidine rings is 1. The van der Waals surface area contributed by atoms with E-state index in [0.29, 0.717) is 34.9 Å². The summed E-state index contributed by atoms with van der Waals surface area (Å²) in [6.07, 6.45) is 3.37. The van der Waals surface area contributed by atoms with Crippen LogP contribution in [-0.2, 0) is 6.61 Å². The number of hydrogen-bond acceptors (Lipinski definition) is 5. The Kier molecular flexibility index (Phi) is 7.32. The molecule has 7 heteroatoms. The molecule has 1 heterocycles. The fourth-order valence-corrected chi connectivity index (χ4v) is 4.06. The fraction of sp³-hybridized carbons (Fsp3) is 0.259. The molecule has 3 aromatic rings. The Labute approximate surface area is 199 Å². The van der Waals surface area contributed by atoms with E-state index in [9.17, 15) is 9.59 Å². The first-order valence-corrected chi connectivity index (χ1v) is 11.4. The summed E-state index contributed by atoms with van der Waals surface area (Å²) in [5.74, 6) is 0.161. The van der Waals surface area contributed by atoms with Gasteiger partial charge in [-0.3, -0.25) is 9.59 Å². The summed E-state index contributed by atoms with van der Waals surface area (Å²) in [5.41, 5.74) is 8.72. The summed E-state index contributed by atoms with van der Waals surface area (Å²) in [7, 11) is 1.54. The summed E-state index contributed by atoms with van der Waals surface area (Å²) < 4.78 is 11.4. The Hall–Kier alpha value is -4.00. The molecule has 7 nitrogen and oxygen atoms in total. The maximum atomic E-state index is 13.1. The van der Waals surface area contributed by atoms with Crippen LogP contribution in [0.5, 0.6) is 11.5 Å². The van der Waals surface area contributed by atoms with E-state index in [2.05, 4.69) is 10.2 Å². The van der Waals surface area contributed by atoms with Gasteiger partial charge in [-0.1, -0.05) is 30.3 Å². The lowest BCUT2D eigenvalue weighted by Crippen LogP contribution is -2.30. The van der Waals surface area contributed by atoms with Crippen LogP contribution in [0.1, 0.15) is 45.5 Å². The van der Waals surface area contributed by atoms with Crippen LogP contribution >= 0.6 is 0 Å². The summed E-state index contributed by atoms with van der Waals surface area (Å²) >= 11 is 0. The van der Waals surface area contributed by atoms with E-state index in [1.54, 1.807) is 30.3 Å². The summed E-state index contributed by atoms with van der Waals surface area (Å²) in [4.78, 5) is 27.1. The predicted octanol–water partition coefficient (Wildman–Crippen LogP) is 4.62. The van der Waals surface area contributed by atoms with E-state index in [4.69, 9.17) is 15.2 Å². The third-order valence-electron chi connectivity index (χ3n) is 5.89. The monoisotopic (exact) mass is 459 g/mol. The number of nitrogens with two attached hydrogens (primary N) is 1. The lowest BCUT2D eigenvalue weighted by atomic mass is 10.1. The quantitative estimate of drug-likeness (QED) is 0.513. The van der Waals surface area contributed by atoms with Gasteiger partial charge in [-0.15, -0.1) is 0 Å². The van der Waals surface area contributed by atoms with Crippen LogP contribution in [-0.4, -0.2) is 32.0 Å². The Balaban J connectivity index is 1.54. The number of amides is 2. The van der Waals surface area contributed by atoms with Crippen molar-refractivity contribution in [3.8, 4) is 11.5 Å². The van der Waals surface area contributed by atoms with Gasteiger partial charge in [0, 0.05) is 24.2 Å². The molecular formula is C27H29N3O4. The van der Waals surface area contributed by atoms with Crippen molar-refractivity contribution >= 4 is 23.2 Å². The first kappa shape index (κ1) is 23.2. The van der Waals surface area contributed by atoms with Crippen LogP contribution in [0.15, 0.2) is 66.7 Å². The Morgan fingerprint density at radius 1 is 0.912 bits per heavy atom. The number of carbonyl (C=O) groups is 2. The molecule has 0 spiro atoms. The highest BCUT2D eigenvalue weighted by Gasteiger charge is 2.19. The lowest BCUT2D eigenvalue weighted by molar-refractivity contribution is 0.0996. The van der Waals surface area contributed by atoms with Gasteiger partial charge in [0.2, 0.25) is 5.91 Å². The van der Waals surface area contributed by atoms with Gasteiger partial charge in [0.25, 0.3) is 5.91 Å². The number of hydrogen-bond donors (Lipinski definition) is 2. The predicted molar refractivity (Wildman–Crippen MR) is 133 cm³/mol. The molecule has 1 aliphatic rings. The summed E-state index contributed by atoms with van der Waals surface area (Å²) in [6.45, 7) is 2.20. The zero-order valence-corrected chi connectivity index (χ0v) is 19.3. The molecule has 0 atom stereocenters. The van der Waals surface area contributed by atoms with E-state index in [0.717, 1.165) is 37.2 Å². The van der Waals surface area contributed by atoms with Gasteiger partial charge in [-0.25, -0.2) is 0 Å². The van der Waals surface area contributed by atoms with Crippen molar-refractivity contribution in [2.75, 3.05) is 30.4 Å². The second kappa shape index (κ2) is 10.7. The number of methoxy groups -OCH3 is 1. The largest absolute Gasteiger partial charge is 0.493 e. The molecule has 0 radical (unpaired) electrons. The van der Waals surface area contributed by atoms with Gasteiger partial charge in [0.15, 0.2) is 11.5 Å². The normalized spacial score (nSPS) is 13.3. The fourth-order valence-electron chi connectivity index (χ4n) is 4.06. The van der Waals surface area contributed by atoms with Gasteiger partial charge < -0.3 is 25.4 Å². The maximum absolute atomic E-state index is 13.1. The number of benzene rings is 3. The zero-order valence-electron chi connectivity index (χ0n) is 19.3. The maximum Gasteiger partial charge on any atom is 0.255 e. The zero-order chi connectivity index (χ0) is 23.9. The Morgan fingerprint density at radius 2 is 1.65 bits per heavy atom. The van der Waals surface area contributed by atoms with E-state index in [1.807, 2.05) is 36.4 Å². The molecule has 1 aliphatic heterocycles. The number of rotatable bonds is 8. The first-order chi connectivity index (χ1) is 16.5. The highest BCUT2D eigenvalue weighted by Crippen LogP contribution is 2.32. The van der Waals surface area contributed by atoms with Crippen LogP contribution in [0.3, 0.4) is 0 Å². The minimum Gasteiger partial charge on any atom is -0.493 e. The molecule has 0 unspecified atom stereocenters. The Morgan fingerprint density at radius 3 is 2.35 bits per heavy atom. The van der Waals surface area contributed by atoms with Crippen molar-refractivity contribution in [1.29, 1.82) is 0 Å². The third kappa shape index (κ3) is 5.49. The topological polar surface area (TPSA) is 93.9 Å². The van der Waals surface area contributed by atoms with Gasteiger partial charge in [-0.05, 0) is 61.2 Å². The summed E-state index contributed by atoms with van der Waals surface area (Å²) in [6, 6.07) is 20.1. The molecule has 1 fully saturated rings. The third-order valence-corrected chi connectivity index (χ3v) is 5.89. The molecule has 34 heavy (non-hydrogen) atoms. The molecule has 0 bridgehead atoms. The second-order valence-electron chi connectivity index (χ2n) is 8.24. The minimum atomic E-state index is -0.540. The number of primary amides is 1. The van der Waals surface area contributed by atoms with Gasteiger partial charge in [-0.2, -0.15) is 0 Å². The minimum absolute atomic E-state index is 0.312. The van der Waals surface area contributed by atoms with Crippen molar-refractivity contribution in [2.24, 2.45) is 5.73 Å². The van der Waals surface area contributed by atoms with E-state index in [1.165, 1.54) is 13.5 Å².